The molecule has 0 radical (unpaired) electrons. The Labute approximate surface area is 57.7 Å². The fraction of sp³-hybridized carbons (Fsp3) is 1.00. The summed E-state index contributed by atoms with van der Waals surface area (Å²) in [7, 11) is 5.10. The molecule has 2 N–H and O–H groups in total. The van der Waals surface area contributed by atoms with Gasteiger partial charge in [0.05, 0.1) is 7.11 Å². The average molecular weight is 134 g/mol. The third kappa shape index (κ3) is 11.4. The quantitative estimate of drug-likeness (QED) is 0.570. The van der Waals surface area contributed by atoms with Crippen LogP contribution in [0.25, 0.3) is 0 Å². The van der Waals surface area contributed by atoms with E-state index in [4.69, 9.17) is 4.84 Å². The van der Waals surface area contributed by atoms with E-state index >= 15 is 0 Å². The van der Waals surface area contributed by atoms with Crippen LogP contribution >= 0.6 is 0 Å². The minimum atomic E-state index is 1.01. The van der Waals surface area contributed by atoms with Gasteiger partial charge in [-0.2, -0.15) is 5.06 Å². The van der Waals surface area contributed by atoms with Gasteiger partial charge in [-0.1, -0.05) is 6.92 Å². The van der Waals surface area contributed by atoms with Gasteiger partial charge in [-0.3, -0.25) is 0 Å². The van der Waals surface area contributed by atoms with Crippen molar-refractivity contribution in [3.8, 4) is 0 Å². The number of nitrogens with zero attached hydrogens (tertiary/aromatic N) is 1. The smallest absolute Gasteiger partial charge is 0.0575 e. The first-order valence-corrected chi connectivity index (χ1v) is 3.14. The second-order valence-corrected chi connectivity index (χ2v) is 1.53. The van der Waals surface area contributed by atoms with Crippen LogP contribution in [0.3, 0.4) is 0 Å². The molecule has 0 aromatic carbocycles. The van der Waals surface area contributed by atoms with Crippen molar-refractivity contribution in [3.63, 3.8) is 0 Å². The Morgan fingerprint density at radius 2 is 1.89 bits per heavy atom. The van der Waals surface area contributed by atoms with Crippen LogP contribution in [0.5, 0.6) is 0 Å². The standard InChI is InChI=1S/C5H13NO.CH5N/c1-4-5-6(2)7-3;1-2/h4-5H2,1-3H3;2H2,1H3. The van der Waals surface area contributed by atoms with E-state index in [9.17, 15) is 0 Å². The van der Waals surface area contributed by atoms with Crippen LogP contribution in [-0.2, 0) is 4.84 Å². The molecule has 0 aliphatic carbocycles. The largest absolute Gasteiger partial charge is 0.333 e. The first-order valence-electron chi connectivity index (χ1n) is 3.14. The summed E-state index contributed by atoms with van der Waals surface area (Å²) >= 11 is 0. The summed E-state index contributed by atoms with van der Waals surface area (Å²) in [5.74, 6) is 0. The normalized spacial score (nSPS) is 8.67. The molecule has 0 amide bonds. The highest BCUT2D eigenvalue weighted by atomic mass is 16.7. The maximum Gasteiger partial charge on any atom is 0.0575 e. The van der Waals surface area contributed by atoms with Crippen LogP contribution < -0.4 is 5.73 Å². The molecule has 0 fully saturated rings. The monoisotopic (exact) mass is 134 g/mol. The van der Waals surface area contributed by atoms with Crippen molar-refractivity contribution < 1.29 is 4.84 Å². The molecule has 9 heavy (non-hydrogen) atoms. The SMILES string of the molecule is CCCN(C)OC.CN. The van der Waals surface area contributed by atoms with Crippen molar-refractivity contribution >= 4 is 0 Å². The van der Waals surface area contributed by atoms with Gasteiger partial charge in [-0.05, 0) is 13.5 Å². The molecular formula is C6H18N2O. The Hall–Kier alpha value is -0.120. The zero-order valence-corrected chi connectivity index (χ0v) is 6.85. The number of hydroxylamine groups is 2. The molecule has 0 spiro atoms. The predicted molar refractivity (Wildman–Crippen MR) is 40.0 cm³/mol. The second-order valence-electron chi connectivity index (χ2n) is 1.53. The topological polar surface area (TPSA) is 38.5 Å². The summed E-state index contributed by atoms with van der Waals surface area (Å²) < 4.78 is 0. The number of rotatable bonds is 3. The fourth-order valence-corrected chi connectivity index (χ4v) is 0.406. The molecule has 0 saturated carbocycles. The third-order valence-electron chi connectivity index (χ3n) is 0.850. The molecule has 0 aromatic heterocycles. The van der Waals surface area contributed by atoms with Gasteiger partial charge in [0.1, 0.15) is 0 Å². The van der Waals surface area contributed by atoms with Crippen molar-refractivity contribution in [3.05, 3.63) is 0 Å². The van der Waals surface area contributed by atoms with E-state index in [1.165, 1.54) is 7.05 Å². The van der Waals surface area contributed by atoms with Crippen LogP contribution in [0, 0.1) is 0 Å². The summed E-state index contributed by atoms with van der Waals surface area (Å²) in [5.41, 5.74) is 4.50. The first kappa shape index (κ1) is 11.6. The van der Waals surface area contributed by atoms with E-state index in [-0.39, 0.29) is 0 Å². The lowest BCUT2D eigenvalue weighted by Crippen LogP contribution is -2.16. The number of nitrogens with two attached hydrogens (primary N) is 1. The van der Waals surface area contributed by atoms with Gasteiger partial charge in [0.25, 0.3) is 0 Å². The minimum absolute atomic E-state index is 1.01. The van der Waals surface area contributed by atoms with Crippen LogP contribution in [0.15, 0.2) is 0 Å². The zero-order valence-electron chi connectivity index (χ0n) is 6.85. The Morgan fingerprint density at radius 3 is 2.00 bits per heavy atom. The second kappa shape index (κ2) is 10.8. The van der Waals surface area contributed by atoms with E-state index in [1.54, 1.807) is 12.2 Å². The molecule has 3 heteroatoms. The molecule has 0 aliphatic heterocycles. The van der Waals surface area contributed by atoms with Gasteiger partial charge >= 0.3 is 0 Å². The van der Waals surface area contributed by atoms with E-state index < -0.39 is 0 Å². The molecule has 0 aromatic rings. The van der Waals surface area contributed by atoms with Gasteiger partial charge in [0, 0.05) is 13.6 Å². The van der Waals surface area contributed by atoms with E-state index in [0.29, 0.717) is 0 Å². The summed E-state index contributed by atoms with van der Waals surface area (Å²) in [6, 6.07) is 0. The molecule has 0 unspecified atom stereocenters. The summed E-state index contributed by atoms with van der Waals surface area (Å²) in [4.78, 5) is 4.82. The number of hydrogen-bond donors (Lipinski definition) is 1. The van der Waals surface area contributed by atoms with Crippen molar-refractivity contribution in [1.82, 2.24) is 5.06 Å². The van der Waals surface area contributed by atoms with E-state index in [0.717, 1.165) is 13.0 Å². The van der Waals surface area contributed by atoms with Crippen LogP contribution in [0.4, 0.5) is 0 Å². The third-order valence-corrected chi connectivity index (χ3v) is 0.850. The maximum atomic E-state index is 4.82. The lowest BCUT2D eigenvalue weighted by atomic mass is 10.5. The van der Waals surface area contributed by atoms with Gasteiger partial charge in [-0.25, -0.2) is 0 Å². The maximum absolute atomic E-state index is 4.82. The Balaban J connectivity index is 0. The lowest BCUT2D eigenvalue weighted by Gasteiger charge is -2.09. The Morgan fingerprint density at radius 1 is 1.44 bits per heavy atom. The molecule has 3 nitrogen and oxygen atoms in total. The molecule has 0 heterocycles. The Kier molecular flexibility index (Phi) is 14.0. The Bertz CT molecular complexity index is 42.0. The summed E-state index contributed by atoms with van der Waals surface area (Å²) in [6.07, 6.45) is 1.14. The molecule has 0 bridgehead atoms. The lowest BCUT2D eigenvalue weighted by molar-refractivity contribution is -0.108. The molecule has 0 rings (SSSR count). The zero-order chi connectivity index (χ0) is 7.70. The van der Waals surface area contributed by atoms with Gasteiger partial charge in [0.15, 0.2) is 0 Å². The van der Waals surface area contributed by atoms with Crippen molar-refractivity contribution in [2.45, 2.75) is 13.3 Å². The first-order chi connectivity index (χ1) is 4.31. The van der Waals surface area contributed by atoms with Crippen LogP contribution in [0.2, 0.25) is 0 Å². The van der Waals surface area contributed by atoms with Crippen LogP contribution in [-0.4, -0.2) is 32.8 Å². The van der Waals surface area contributed by atoms with Crippen LogP contribution in [0.1, 0.15) is 13.3 Å². The highest BCUT2D eigenvalue weighted by Crippen LogP contribution is 1.82. The highest BCUT2D eigenvalue weighted by Gasteiger charge is 1.87. The van der Waals surface area contributed by atoms with Gasteiger partial charge < -0.3 is 10.6 Å². The minimum Gasteiger partial charge on any atom is -0.333 e. The summed E-state index contributed by atoms with van der Waals surface area (Å²) in [6.45, 7) is 3.13. The average Bonchev–Trinajstić information content (AvgIpc) is 1.93. The number of hydrogen-bond acceptors (Lipinski definition) is 3. The van der Waals surface area contributed by atoms with Gasteiger partial charge in [0.2, 0.25) is 0 Å². The predicted octanol–water partition coefficient (Wildman–Crippen LogP) is 0.465. The highest BCUT2D eigenvalue weighted by molar-refractivity contribution is 4.29. The molecule has 0 atom stereocenters. The fourth-order valence-electron chi connectivity index (χ4n) is 0.406. The summed E-state index contributed by atoms with van der Waals surface area (Å²) in [5, 5.41) is 1.81. The van der Waals surface area contributed by atoms with Crippen molar-refractivity contribution in [2.24, 2.45) is 5.73 Å². The van der Waals surface area contributed by atoms with Gasteiger partial charge in [-0.15, -0.1) is 0 Å². The molecule has 0 aliphatic rings. The van der Waals surface area contributed by atoms with E-state index in [1.807, 2.05) is 7.05 Å². The van der Waals surface area contributed by atoms with Crippen molar-refractivity contribution in [2.75, 3.05) is 27.7 Å². The molecular weight excluding hydrogens is 116 g/mol. The molecule has 0 saturated heterocycles. The van der Waals surface area contributed by atoms with E-state index in [2.05, 4.69) is 12.7 Å². The van der Waals surface area contributed by atoms with Crippen molar-refractivity contribution in [1.29, 1.82) is 0 Å². The molecule has 58 valence electrons.